The molecule has 1 saturated heterocycles. The molecule has 0 radical (unpaired) electrons. The molecule has 1 fully saturated rings. The number of carbonyl (C=O) groups excluding carboxylic acids is 2. The highest BCUT2D eigenvalue weighted by Gasteiger charge is 2.37. The number of hydrogen-bond acceptors (Lipinski definition) is 6. The van der Waals surface area contributed by atoms with Crippen LogP contribution >= 0.6 is 0 Å². The van der Waals surface area contributed by atoms with Crippen molar-refractivity contribution in [2.75, 3.05) is 13.1 Å². The molecule has 1 aromatic carbocycles. The zero-order valence-corrected chi connectivity index (χ0v) is 16.9. The molecule has 1 aliphatic rings. The molecule has 7 nitrogen and oxygen atoms in total. The summed E-state index contributed by atoms with van der Waals surface area (Å²) in [5.41, 5.74) is 0.897. The first-order valence-electron chi connectivity index (χ1n) is 9.64. The molecule has 1 aliphatic heterocycles. The quantitative estimate of drug-likeness (QED) is 0.735. The van der Waals surface area contributed by atoms with Crippen molar-refractivity contribution in [2.45, 2.75) is 52.6 Å². The summed E-state index contributed by atoms with van der Waals surface area (Å²) in [7, 11) is 0. The van der Waals surface area contributed by atoms with Gasteiger partial charge in [-0.3, -0.25) is 9.59 Å². The van der Waals surface area contributed by atoms with E-state index in [1.54, 1.807) is 18.7 Å². The van der Waals surface area contributed by atoms with Crippen LogP contribution in [0.2, 0.25) is 0 Å². The van der Waals surface area contributed by atoms with Crippen molar-refractivity contribution in [3.8, 4) is 11.4 Å². The number of ether oxygens (including phenoxy) is 1. The Bertz CT molecular complexity index is 859. The first-order chi connectivity index (χ1) is 13.3. The lowest BCUT2D eigenvalue weighted by Crippen LogP contribution is -2.51. The molecule has 0 aliphatic carbocycles. The second-order valence-corrected chi connectivity index (χ2v) is 7.89. The monoisotopic (exact) mass is 385 g/mol. The van der Waals surface area contributed by atoms with Crippen molar-refractivity contribution in [1.82, 2.24) is 15.0 Å². The Morgan fingerprint density at radius 3 is 2.79 bits per heavy atom. The van der Waals surface area contributed by atoms with Crippen molar-refractivity contribution >= 4 is 11.9 Å². The van der Waals surface area contributed by atoms with Gasteiger partial charge in [0.2, 0.25) is 11.7 Å². The molecule has 0 bridgehead atoms. The van der Waals surface area contributed by atoms with Crippen molar-refractivity contribution in [1.29, 1.82) is 0 Å². The van der Waals surface area contributed by atoms with Crippen molar-refractivity contribution in [3.05, 3.63) is 35.7 Å². The van der Waals surface area contributed by atoms with Gasteiger partial charge in [-0.25, -0.2) is 0 Å². The van der Waals surface area contributed by atoms with Gasteiger partial charge in [-0.05, 0) is 45.1 Å². The zero-order chi connectivity index (χ0) is 20.3. The number of amides is 1. The molecule has 1 amide bonds. The topological polar surface area (TPSA) is 85.5 Å². The number of likely N-dealkylation sites (tertiary alicyclic amines) is 1. The van der Waals surface area contributed by atoms with E-state index in [-0.39, 0.29) is 11.8 Å². The highest BCUT2D eigenvalue weighted by molar-refractivity contribution is 5.86. The van der Waals surface area contributed by atoms with E-state index < -0.39 is 11.6 Å². The maximum Gasteiger partial charge on any atom is 0.303 e. The van der Waals surface area contributed by atoms with Gasteiger partial charge in [0.15, 0.2) is 5.60 Å². The zero-order valence-electron chi connectivity index (χ0n) is 16.9. The standard InChI is InChI=1S/C21H27N3O4/c1-14-8-5-6-10-17(14)19-22-18(28-23-19)12-16-9-7-11-24(13-16)20(26)21(3,4)27-15(2)25/h5-6,8,10,16H,7,9,11-13H2,1-4H3. The Kier molecular flexibility index (Phi) is 5.82. The molecular formula is C21H27N3O4. The largest absolute Gasteiger partial charge is 0.450 e. The Morgan fingerprint density at radius 1 is 1.32 bits per heavy atom. The van der Waals surface area contributed by atoms with Crippen molar-refractivity contribution in [2.24, 2.45) is 5.92 Å². The van der Waals surface area contributed by atoms with Gasteiger partial charge >= 0.3 is 5.97 Å². The van der Waals surface area contributed by atoms with Crippen LogP contribution in [-0.4, -0.2) is 45.6 Å². The molecule has 0 spiro atoms. The van der Waals surface area contributed by atoms with Crippen LogP contribution in [0, 0.1) is 12.8 Å². The molecule has 7 heteroatoms. The smallest absolute Gasteiger partial charge is 0.303 e. The summed E-state index contributed by atoms with van der Waals surface area (Å²) in [4.78, 5) is 30.4. The van der Waals surface area contributed by atoms with Crippen LogP contribution in [0.4, 0.5) is 0 Å². The first-order valence-corrected chi connectivity index (χ1v) is 9.64. The van der Waals surface area contributed by atoms with E-state index >= 15 is 0 Å². The third-order valence-corrected chi connectivity index (χ3v) is 5.04. The molecule has 0 N–H and O–H groups in total. The molecule has 28 heavy (non-hydrogen) atoms. The van der Waals surface area contributed by atoms with Crippen molar-refractivity contribution in [3.63, 3.8) is 0 Å². The van der Waals surface area contributed by atoms with Gasteiger partial charge in [-0.1, -0.05) is 29.4 Å². The fraction of sp³-hybridized carbons (Fsp3) is 0.524. The second kappa shape index (κ2) is 8.12. The van der Waals surface area contributed by atoms with Gasteiger partial charge in [0.05, 0.1) is 0 Å². The predicted molar refractivity (Wildman–Crippen MR) is 103 cm³/mol. The minimum Gasteiger partial charge on any atom is -0.450 e. The van der Waals surface area contributed by atoms with Crippen LogP contribution in [0.25, 0.3) is 11.4 Å². The highest BCUT2D eigenvalue weighted by Crippen LogP contribution is 2.25. The predicted octanol–water partition coefficient (Wildman–Crippen LogP) is 3.17. The molecule has 2 aromatic rings. The normalized spacial score (nSPS) is 17.4. The summed E-state index contributed by atoms with van der Waals surface area (Å²) in [5.74, 6) is 0.778. The fourth-order valence-electron chi connectivity index (χ4n) is 3.72. The van der Waals surface area contributed by atoms with Gasteiger partial charge in [-0.2, -0.15) is 4.98 Å². The number of nitrogens with zero attached hydrogens (tertiary/aromatic N) is 3. The molecule has 1 atom stereocenters. The lowest BCUT2D eigenvalue weighted by molar-refractivity contribution is -0.169. The van der Waals surface area contributed by atoms with Gasteiger partial charge in [0, 0.05) is 32.0 Å². The van der Waals surface area contributed by atoms with Gasteiger partial charge < -0.3 is 14.2 Å². The van der Waals surface area contributed by atoms with E-state index in [0.29, 0.717) is 31.2 Å². The highest BCUT2D eigenvalue weighted by atomic mass is 16.6. The minimum atomic E-state index is -1.16. The maximum atomic E-state index is 12.8. The summed E-state index contributed by atoms with van der Waals surface area (Å²) in [6.07, 6.45) is 2.50. The van der Waals surface area contributed by atoms with E-state index in [2.05, 4.69) is 10.1 Å². The lowest BCUT2D eigenvalue weighted by atomic mass is 9.93. The molecule has 150 valence electrons. The number of aryl methyl sites for hydroxylation is 1. The summed E-state index contributed by atoms with van der Waals surface area (Å²) in [6, 6.07) is 7.92. The molecule has 1 unspecified atom stereocenters. The number of rotatable bonds is 5. The number of benzene rings is 1. The summed E-state index contributed by atoms with van der Waals surface area (Å²) < 4.78 is 10.7. The Morgan fingerprint density at radius 2 is 2.07 bits per heavy atom. The summed E-state index contributed by atoms with van der Waals surface area (Å²) >= 11 is 0. The molecule has 1 aromatic heterocycles. The van der Waals surface area contributed by atoms with Crippen LogP contribution in [0.3, 0.4) is 0 Å². The van der Waals surface area contributed by atoms with E-state index in [4.69, 9.17) is 9.26 Å². The fourth-order valence-corrected chi connectivity index (χ4v) is 3.72. The number of hydrogen-bond donors (Lipinski definition) is 0. The SMILES string of the molecule is CC(=O)OC(C)(C)C(=O)N1CCCC(Cc2nc(-c3ccccc3C)no2)C1. The maximum absolute atomic E-state index is 12.8. The van der Waals surface area contributed by atoms with Crippen LogP contribution in [-0.2, 0) is 20.7 Å². The van der Waals surface area contributed by atoms with E-state index in [1.165, 1.54) is 6.92 Å². The van der Waals surface area contributed by atoms with E-state index in [0.717, 1.165) is 24.0 Å². The second-order valence-electron chi connectivity index (χ2n) is 7.89. The van der Waals surface area contributed by atoms with Gasteiger partial charge in [0.25, 0.3) is 5.91 Å². The van der Waals surface area contributed by atoms with Crippen LogP contribution in [0.15, 0.2) is 28.8 Å². The lowest BCUT2D eigenvalue weighted by Gasteiger charge is -2.36. The Hall–Kier alpha value is -2.70. The van der Waals surface area contributed by atoms with Crippen LogP contribution < -0.4 is 0 Å². The number of esters is 1. The molecule has 0 saturated carbocycles. The third kappa shape index (κ3) is 4.58. The third-order valence-electron chi connectivity index (χ3n) is 5.04. The molecule has 2 heterocycles. The summed E-state index contributed by atoms with van der Waals surface area (Å²) in [6.45, 7) is 7.85. The number of carbonyl (C=O) groups is 2. The van der Waals surface area contributed by atoms with Gasteiger partial charge in [0.1, 0.15) is 0 Å². The first kappa shape index (κ1) is 20.0. The summed E-state index contributed by atoms with van der Waals surface area (Å²) in [5, 5.41) is 4.11. The van der Waals surface area contributed by atoms with Crippen LogP contribution in [0.5, 0.6) is 0 Å². The minimum absolute atomic E-state index is 0.168. The number of aromatic nitrogens is 2. The van der Waals surface area contributed by atoms with Gasteiger partial charge in [-0.15, -0.1) is 0 Å². The average molecular weight is 385 g/mol. The Labute approximate surface area is 165 Å². The Balaban J connectivity index is 1.65. The van der Waals surface area contributed by atoms with E-state index in [1.807, 2.05) is 31.2 Å². The van der Waals surface area contributed by atoms with E-state index in [9.17, 15) is 9.59 Å². The molecule has 3 rings (SSSR count). The number of piperidine rings is 1. The average Bonchev–Trinajstić information content (AvgIpc) is 3.09. The van der Waals surface area contributed by atoms with Crippen LogP contribution in [0.1, 0.15) is 45.1 Å². The molecular weight excluding hydrogens is 358 g/mol. The van der Waals surface area contributed by atoms with Crippen molar-refractivity contribution < 1.29 is 18.8 Å².